The Balaban J connectivity index is 3.45. The summed E-state index contributed by atoms with van der Waals surface area (Å²) in [6, 6.07) is 5.56. The number of non-ortho nitro benzene ring substituents is 1. The van der Waals surface area contributed by atoms with E-state index < -0.39 is 22.2 Å². The number of hydrogen-bond acceptors (Lipinski definition) is 6. The van der Waals surface area contributed by atoms with Crippen LogP contribution in [0.25, 0.3) is 0 Å². The van der Waals surface area contributed by atoms with Crippen LogP contribution in [0.3, 0.4) is 0 Å². The van der Waals surface area contributed by atoms with E-state index in [2.05, 4.69) is 10.1 Å². The number of amides is 1. The van der Waals surface area contributed by atoms with Gasteiger partial charge in [0, 0.05) is 17.7 Å². The molecule has 0 radical (unpaired) electrons. The van der Waals surface area contributed by atoms with Gasteiger partial charge in [-0.05, 0) is 20.8 Å². The van der Waals surface area contributed by atoms with Gasteiger partial charge in [0.1, 0.15) is 0 Å². The van der Waals surface area contributed by atoms with Crippen molar-refractivity contribution in [1.29, 1.82) is 0 Å². The van der Waals surface area contributed by atoms with Crippen molar-refractivity contribution in [1.82, 2.24) is 5.32 Å². The molecule has 1 atom stereocenters. The van der Waals surface area contributed by atoms with E-state index >= 15 is 0 Å². The second-order valence-electron chi connectivity index (χ2n) is 5.86. The average Bonchev–Trinajstić information content (AvgIpc) is 2.45. The highest BCUT2D eigenvalue weighted by atomic mass is 16.6. The van der Waals surface area contributed by atoms with Gasteiger partial charge in [-0.15, -0.1) is 0 Å². The molecule has 8 nitrogen and oxygen atoms in total. The molecule has 23 heavy (non-hydrogen) atoms. The lowest BCUT2D eigenvalue weighted by atomic mass is 9.97. The maximum absolute atomic E-state index is 11.8. The predicted octanol–water partition coefficient (Wildman–Crippen LogP) is 1.87. The number of rotatable bonds is 7. The third kappa shape index (κ3) is 5.03. The van der Waals surface area contributed by atoms with E-state index in [0.717, 1.165) is 0 Å². The minimum atomic E-state index is -1.57. The molecule has 0 saturated heterocycles. The third-order valence-corrected chi connectivity index (χ3v) is 2.92. The molecular weight excluding hydrogens is 304 g/mol. The molecule has 1 rings (SSSR count). The Hall–Kier alpha value is -2.48. The summed E-state index contributed by atoms with van der Waals surface area (Å²) in [5.41, 5.74) is -2.21. The van der Waals surface area contributed by atoms with Crippen molar-refractivity contribution in [3.63, 3.8) is 0 Å². The molecule has 1 unspecified atom stereocenters. The molecule has 0 aliphatic rings. The van der Waals surface area contributed by atoms with Crippen LogP contribution in [0.1, 0.15) is 32.8 Å². The van der Waals surface area contributed by atoms with Gasteiger partial charge < -0.3 is 14.8 Å². The molecule has 8 heteroatoms. The molecule has 0 fully saturated rings. The van der Waals surface area contributed by atoms with Crippen LogP contribution in [0.5, 0.6) is 0 Å². The first-order chi connectivity index (χ1) is 10.6. The highest BCUT2D eigenvalue weighted by Crippen LogP contribution is 2.33. The van der Waals surface area contributed by atoms with Crippen LogP contribution in [0, 0.1) is 10.1 Å². The highest BCUT2D eigenvalue weighted by molar-refractivity contribution is 5.71. The van der Waals surface area contributed by atoms with Gasteiger partial charge in [-0.1, -0.05) is 12.1 Å². The lowest BCUT2D eigenvalue weighted by Crippen LogP contribution is -2.50. The number of nitro benzene ring substituents is 1. The van der Waals surface area contributed by atoms with Gasteiger partial charge >= 0.3 is 5.97 Å². The van der Waals surface area contributed by atoms with Crippen molar-refractivity contribution in [2.24, 2.45) is 0 Å². The summed E-state index contributed by atoms with van der Waals surface area (Å²) in [4.78, 5) is 33.3. The Morgan fingerprint density at radius 3 is 2.52 bits per heavy atom. The van der Waals surface area contributed by atoms with Crippen LogP contribution in [0.15, 0.2) is 24.3 Å². The molecule has 0 aromatic heterocycles. The summed E-state index contributed by atoms with van der Waals surface area (Å²) in [5, 5.41) is 13.5. The summed E-state index contributed by atoms with van der Waals surface area (Å²) >= 11 is 0. The standard InChI is InChI=1S/C15H20N2O6/c1-14(2,3)23-15(16-10-18,9-13(19)22-4)11-6-5-7-12(8-11)17(20)21/h5-8,10H,9H2,1-4H3,(H,16,18). The normalized spacial score (nSPS) is 13.7. The van der Waals surface area contributed by atoms with E-state index in [-0.39, 0.29) is 17.7 Å². The van der Waals surface area contributed by atoms with Crippen molar-refractivity contribution < 1.29 is 24.0 Å². The Labute approximate surface area is 133 Å². The van der Waals surface area contributed by atoms with Crippen LogP contribution in [0.4, 0.5) is 5.69 Å². The number of ether oxygens (including phenoxy) is 2. The van der Waals surface area contributed by atoms with Gasteiger partial charge in [-0.25, -0.2) is 0 Å². The molecule has 0 bridgehead atoms. The molecular formula is C15H20N2O6. The van der Waals surface area contributed by atoms with Gasteiger partial charge in [-0.3, -0.25) is 19.7 Å². The number of nitrogens with zero attached hydrogens (tertiary/aromatic N) is 1. The number of nitro groups is 1. The fourth-order valence-electron chi connectivity index (χ4n) is 2.12. The first kappa shape index (κ1) is 18.6. The Morgan fingerprint density at radius 2 is 2.04 bits per heavy atom. The van der Waals surface area contributed by atoms with Gasteiger partial charge in [0.2, 0.25) is 6.41 Å². The van der Waals surface area contributed by atoms with E-state index in [9.17, 15) is 19.7 Å². The molecule has 0 aliphatic heterocycles. The lowest BCUT2D eigenvalue weighted by molar-refractivity contribution is -0.385. The molecule has 1 amide bonds. The smallest absolute Gasteiger partial charge is 0.310 e. The van der Waals surface area contributed by atoms with E-state index in [1.165, 1.54) is 31.4 Å². The minimum Gasteiger partial charge on any atom is -0.469 e. The molecule has 0 spiro atoms. The maximum Gasteiger partial charge on any atom is 0.310 e. The molecule has 1 N–H and O–H groups in total. The number of methoxy groups -OCH3 is 1. The summed E-state index contributed by atoms with van der Waals surface area (Å²) in [7, 11) is 1.21. The summed E-state index contributed by atoms with van der Waals surface area (Å²) in [6.07, 6.45) is 0.0498. The number of hydrogen-bond donors (Lipinski definition) is 1. The number of nitrogens with one attached hydrogen (secondary N) is 1. The second-order valence-corrected chi connectivity index (χ2v) is 5.86. The SMILES string of the molecule is COC(=O)CC(NC=O)(OC(C)(C)C)c1cccc([N+](=O)[O-])c1. The van der Waals surface area contributed by atoms with Crippen LogP contribution < -0.4 is 5.32 Å². The average molecular weight is 324 g/mol. The molecule has 1 aromatic rings. The summed E-state index contributed by atoms with van der Waals surface area (Å²) in [5.74, 6) is -0.630. The van der Waals surface area contributed by atoms with E-state index in [1.54, 1.807) is 20.8 Å². The van der Waals surface area contributed by atoms with Crippen molar-refractivity contribution >= 4 is 18.1 Å². The largest absolute Gasteiger partial charge is 0.469 e. The van der Waals surface area contributed by atoms with Crippen LogP contribution in [-0.2, 0) is 24.8 Å². The van der Waals surface area contributed by atoms with E-state index in [1.807, 2.05) is 0 Å². The maximum atomic E-state index is 11.8. The molecule has 0 aliphatic carbocycles. The summed E-state index contributed by atoms with van der Waals surface area (Å²) < 4.78 is 10.6. The second kappa shape index (κ2) is 7.19. The van der Waals surface area contributed by atoms with E-state index in [4.69, 9.17) is 4.74 Å². The number of carbonyl (C=O) groups is 2. The first-order valence-corrected chi connectivity index (χ1v) is 6.87. The topological polar surface area (TPSA) is 108 Å². The van der Waals surface area contributed by atoms with Crippen LogP contribution >= 0.6 is 0 Å². The quantitative estimate of drug-likeness (QED) is 0.270. The number of carbonyl (C=O) groups excluding carboxylic acids is 2. The number of benzene rings is 1. The lowest BCUT2D eigenvalue weighted by Gasteiger charge is -2.38. The van der Waals surface area contributed by atoms with Crippen LogP contribution in [-0.4, -0.2) is 30.0 Å². The Morgan fingerprint density at radius 1 is 1.39 bits per heavy atom. The highest BCUT2D eigenvalue weighted by Gasteiger charge is 2.40. The monoisotopic (exact) mass is 324 g/mol. The Kier molecular flexibility index (Phi) is 5.80. The fraction of sp³-hybridized carbons (Fsp3) is 0.467. The first-order valence-electron chi connectivity index (χ1n) is 6.87. The zero-order valence-electron chi connectivity index (χ0n) is 13.5. The molecule has 1 aromatic carbocycles. The molecule has 126 valence electrons. The van der Waals surface area contributed by atoms with Crippen molar-refractivity contribution in [3.05, 3.63) is 39.9 Å². The van der Waals surface area contributed by atoms with Crippen molar-refractivity contribution in [2.75, 3.05) is 7.11 Å². The fourth-order valence-corrected chi connectivity index (χ4v) is 2.12. The van der Waals surface area contributed by atoms with E-state index in [0.29, 0.717) is 6.41 Å². The molecule has 0 saturated carbocycles. The number of esters is 1. The summed E-state index contributed by atoms with van der Waals surface area (Å²) in [6.45, 7) is 5.22. The van der Waals surface area contributed by atoms with Crippen LogP contribution in [0.2, 0.25) is 0 Å². The van der Waals surface area contributed by atoms with Gasteiger partial charge in [0.15, 0.2) is 5.72 Å². The molecule has 0 heterocycles. The zero-order chi connectivity index (χ0) is 17.7. The van der Waals surface area contributed by atoms with Gasteiger partial charge in [-0.2, -0.15) is 0 Å². The van der Waals surface area contributed by atoms with Crippen molar-refractivity contribution in [3.8, 4) is 0 Å². The Bertz CT molecular complexity index is 596. The predicted molar refractivity (Wildman–Crippen MR) is 81.4 cm³/mol. The zero-order valence-corrected chi connectivity index (χ0v) is 13.5. The minimum absolute atomic E-state index is 0.179. The third-order valence-electron chi connectivity index (χ3n) is 2.92. The van der Waals surface area contributed by atoms with Crippen molar-refractivity contribution in [2.45, 2.75) is 38.5 Å². The van der Waals surface area contributed by atoms with Gasteiger partial charge in [0.25, 0.3) is 5.69 Å². The van der Waals surface area contributed by atoms with Gasteiger partial charge in [0.05, 0.1) is 24.1 Å².